The largest absolute Gasteiger partial charge is 0.278 e. The van der Waals surface area contributed by atoms with Crippen LogP contribution in [0.15, 0.2) is 45.8 Å². The molecule has 2 aromatic carbocycles. The number of hydrogen-bond acceptors (Lipinski definition) is 3. The van der Waals surface area contributed by atoms with Crippen LogP contribution in [0.5, 0.6) is 0 Å². The van der Waals surface area contributed by atoms with Gasteiger partial charge in [0, 0.05) is 4.47 Å². The van der Waals surface area contributed by atoms with Gasteiger partial charge in [0.05, 0.1) is 22.2 Å². The fourth-order valence-electron chi connectivity index (χ4n) is 1.73. The molecule has 7 heteroatoms. The summed E-state index contributed by atoms with van der Waals surface area (Å²) in [4.78, 5) is 0.0118. The van der Waals surface area contributed by atoms with E-state index in [-0.39, 0.29) is 16.1 Å². The van der Waals surface area contributed by atoms with E-state index in [0.29, 0.717) is 10.0 Å². The van der Waals surface area contributed by atoms with Gasteiger partial charge in [-0.1, -0.05) is 6.07 Å². The predicted molar refractivity (Wildman–Crippen MR) is 80.8 cm³/mol. The zero-order chi connectivity index (χ0) is 15.6. The van der Waals surface area contributed by atoms with Crippen molar-refractivity contribution in [3.63, 3.8) is 0 Å². The average Bonchev–Trinajstić information content (AvgIpc) is 2.42. The van der Waals surface area contributed by atoms with Gasteiger partial charge >= 0.3 is 0 Å². The van der Waals surface area contributed by atoms with Crippen LogP contribution in [0.4, 0.5) is 10.1 Å². The minimum atomic E-state index is -3.87. The number of aryl methyl sites for hydroxylation is 1. The van der Waals surface area contributed by atoms with Crippen LogP contribution in [0.1, 0.15) is 11.1 Å². The lowest BCUT2D eigenvalue weighted by atomic mass is 10.2. The molecule has 21 heavy (non-hydrogen) atoms. The van der Waals surface area contributed by atoms with E-state index >= 15 is 0 Å². The first-order chi connectivity index (χ1) is 9.83. The van der Waals surface area contributed by atoms with Crippen LogP contribution in [0.25, 0.3) is 0 Å². The molecule has 0 heterocycles. The molecule has 0 spiro atoms. The molecule has 0 unspecified atom stereocenters. The lowest BCUT2D eigenvalue weighted by molar-refractivity contribution is 0.600. The molecule has 0 atom stereocenters. The van der Waals surface area contributed by atoms with Crippen molar-refractivity contribution in [3.05, 3.63) is 57.8 Å². The van der Waals surface area contributed by atoms with Crippen LogP contribution >= 0.6 is 15.9 Å². The molecule has 0 fully saturated rings. The van der Waals surface area contributed by atoms with Crippen molar-refractivity contribution in [1.82, 2.24) is 0 Å². The molecular weight excluding hydrogens is 359 g/mol. The number of rotatable bonds is 3. The number of sulfonamides is 1. The highest BCUT2D eigenvalue weighted by atomic mass is 79.9. The third kappa shape index (κ3) is 3.40. The summed E-state index contributed by atoms with van der Waals surface area (Å²) in [6.07, 6.45) is 0. The van der Waals surface area contributed by atoms with Crippen LogP contribution in [0, 0.1) is 24.1 Å². The number of anilines is 1. The Bertz CT molecular complexity index is 845. The average molecular weight is 369 g/mol. The van der Waals surface area contributed by atoms with Crippen LogP contribution in [0.3, 0.4) is 0 Å². The lowest BCUT2D eigenvalue weighted by Crippen LogP contribution is -2.15. The number of halogens is 2. The molecule has 0 saturated carbocycles. The minimum absolute atomic E-state index is 0.0118. The van der Waals surface area contributed by atoms with Gasteiger partial charge in [-0.15, -0.1) is 0 Å². The third-order valence-electron chi connectivity index (χ3n) is 2.78. The first-order valence-corrected chi connectivity index (χ1v) is 8.10. The van der Waals surface area contributed by atoms with E-state index in [1.807, 2.05) is 6.07 Å². The second-order valence-electron chi connectivity index (χ2n) is 4.32. The maximum atomic E-state index is 13.0. The second kappa shape index (κ2) is 5.84. The van der Waals surface area contributed by atoms with E-state index in [1.54, 1.807) is 19.1 Å². The zero-order valence-corrected chi connectivity index (χ0v) is 13.3. The first kappa shape index (κ1) is 15.5. The molecule has 0 saturated heterocycles. The van der Waals surface area contributed by atoms with Crippen LogP contribution in [-0.4, -0.2) is 8.42 Å². The quantitative estimate of drug-likeness (QED) is 0.899. The van der Waals surface area contributed by atoms with E-state index < -0.39 is 15.8 Å². The molecule has 108 valence electrons. The highest BCUT2D eigenvalue weighted by molar-refractivity contribution is 9.10. The van der Waals surface area contributed by atoms with Crippen molar-refractivity contribution in [2.24, 2.45) is 0 Å². The molecular formula is C14H10BrFN2O2S. The predicted octanol–water partition coefficient (Wildman–Crippen LogP) is 3.57. The first-order valence-electron chi connectivity index (χ1n) is 5.82. The SMILES string of the molecule is Cc1ccc(C#N)cc1S(=O)(=O)Nc1ccc(F)cc1Br. The number of benzene rings is 2. The van der Waals surface area contributed by atoms with Gasteiger partial charge in [0.1, 0.15) is 5.82 Å². The maximum absolute atomic E-state index is 13.0. The standard InChI is InChI=1S/C14H10BrFN2O2S/c1-9-2-3-10(8-17)6-14(9)21(19,20)18-13-5-4-11(16)7-12(13)15/h2-7,18H,1H3. The number of nitrogens with zero attached hydrogens (tertiary/aromatic N) is 1. The normalized spacial score (nSPS) is 11.0. The van der Waals surface area contributed by atoms with Gasteiger partial charge in [-0.25, -0.2) is 12.8 Å². The zero-order valence-electron chi connectivity index (χ0n) is 10.9. The van der Waals surface area contributed by atoms with Gasteiger partial charge < -0.3 is 0 Å². The number of hydrogen-bond donors (Lipinski definition) is 1. The molecule has 1 N–H and O–H groups in total. The molecule has 0 amide bonds. The Morgan fingerprint density at radius 2 is 1.95 bits per heavy atom. The summed E-state index contributed by atoms with van der Waals surface area (Å²) in [7, 11) is -3.87. The highest BCUT2D eigenvalue weighted by Gasteiger charge is 2.19. The highest BCUT2D eigenvalue weighted by Crippen LogP contribution is 2.27. The molecule has 2 aromatic rings. The topological polar surface area (TPSA) is 70.0 Å². The van der Waals surface area contributed by atoms with E-state index in [2.05, 4.69) is 20.7 Å². The number of nitriles is 1. The Morgan fingerprint density at radius 3 is 2.57 bits per heavy atom. The van der Waals surface area contributed by atoms with Gasteiger partial charge in [-0.2, -0.15) is 5.26 Å². The van der Waals surface area contributed by atoms with Crippen LogP contribution < -0.4 is 4.72 Å². The van der Waals surface area contributed by atoms with Gasteiger partial charge in [-0.3, -0.25) is 4.72 Å². The molecule has 0 aromatic heterocycles. The molecule has 4 nitrogen and oxygen atoms in total. The number of nitrogens with one attached hydrogen (secondary N) is 1. The van der Waals surface area contributed by atoms with Gasteiger partial charge in [-0.05, 0) is 58.7 Å². The summed E-state index contributed by atoms with van der Waals surface area (Å²) in [5.74, 6) is -0.479. The fraction of sp³-hybridized carbons (Fsp3) is 0.0714. The van der Waals surface area contributed by atoms with Crippen LogP contribution in [0.2, 0.25) is 0 Å². The van der Waals surface area contributed by atoms with Crippen molar-refractivity contribution in [3.8, 4) is 6.07 Å². The van der Waals surface area contributed by atoms with E-state index in [1.165, 1.54) is 12.1 Å². The molecule has 0 aliphatic carbocycles. The Kier molecular flexibility index (Phi) is 4.30. The Morgan fingerprint density at radius 1 is 1.24 bits per heavy atom. The summed E-state index contributed by atoms with van der Waals surface area (Å²) in [6, 6.07) is 9.94. The summed E-state index contributed by atoms with van der Waals surface area (Å²) in [6.45, 7) is 1.63. The molecule has 0 bridgehead atoms. The van der Waals surface area contributed by atoms with Crippen molar-refractivity contribution in [2.45, 2.75) is 11.8 Å². The summed E-state index contributed by atoms with van der Waals surface area (Å²) in [5.41, 5.74) is 0.983. The second-order valence-corrected chi connectivity index (χ2v) is 6.83. The van der Waals surface area contributed by atoms with Crippen LogP contribution in [-0.2, 0) is 10.0 Å². The van der Waals surface area contributed by atoms with Crippen molar-refractivity contribution < 1.29 is 12.8 Å². The van der Waals surface area contributed by atoms with Gasteiger partial charge in [0.15, 0.2) is 0 Å². The molecule has 0 radical (unpaired) electrons. The summed E-state index contributed by atoms with van der Waals surface area (Å²) in [5, 5.41) is 8.87. The third-order valence-corrected chi connectivity index (χ3v) is 4.95. The van der Waals surface area contributed by atoms with E-state index in [4.69, 9.17) is 5.26 Å². The van der Waals surface area contributed by atoms with Crippen molar-refractivity contribution >= 4 is 31.6 Å². The summed E-state index contributed by atoms with van der Waals surface area (Å²) < 4.78 is 40.5. The van der Waals surface area contributed by atoms with E-state index in [0.717, 1.165) is 12.1 Å². The summed E-state index contributed by atoms with van der Waals surface area (Å²) >= 11 is 3.10. The lowest BCUT2D eigenvalue weighted by Gasteiger charge is -2.12. The fourth-order valence-corrected chi connectivity index (χ4v) is 3.66. The molecule has 0 aliphatic rings. The van der Waals surface area contributed by atoms with E-state index in [9.17, 15) is 12.8 Å². The Balaban J connectivity index is 2.46. The Hall–Kier alpha value is -1.91. The van der Waals surface area contributed by atoms with Crippen molar-refractivity contribution in [2.75, 3.05) is 4.72 Å². The smallest absolute Gasteiger partial charge is 0.262 e. The Labute approximate surface area is 130 Å². The maximum Gasteiger partial charge on any atom is 0.262 e. The van der Waals surface area contributed by atoms with Crippen molar-refractivity contribution in [1.29, 1.82) is 5.26 Å². The van der Waals surface area contributed by atoms with Gasteiger partial charge in [0.2, 0.25) is 0 Å². The monoisotopic (exact) mass is 368 g/mol. The molecule has 0 aliphatic heterocycles. The van der Waals surface area contributed by atoms with Gasteiger partial charge in [0.25, 0.3) is 10.0 Å². The molecule has 2 rings (SSSR count). The minimum Gasteiger partial charge on any atom is -0.278 e.